The Morgan fingerprint density at radius 3 is 2.41 bits per heavy atom. The van der Waals surface area contributed by atoms with Gasteiger partial charge in [-0.15, -0.1) is 10.2 Å². The molecule has 2 amide bonds. The van der Waals surface area contributed by atoms with Crippen LogP contribution < -0.4 is 10.6 Å². The lowest BCUT2D eigenvalue weighted by molar-refractivity contribution is -0.111. The zero-order chi connectivity index (χ0) is 23.8. The number of carbonyl (C=O) groups excluding carboxylic acids is 2. The first-order valence-electron chi connectivity index (χ1n) is 10.2. The Labute approximate surface area is 203 Å². The van der Waals surface area contributed by atoms with Crippen LogP contribution in [0.3, 0.4) is 0 Å². The van der Waals surface area contributed by atoms with Gasteiger partial charge in [0, 0.05) is 17.4 Å². The molecule has 1 heterocycles. The molecule has 2 N–H and O–H groups in total. The third-order valence-electron chi connectivity index (χ3n) is 4.56. The minimum Gasteiger partial charge on any atom is -0.319 e. The number of hydrogen-bond acceptors (Lipinski definition) is 6. The largest absolute Gasteiger partial charge is 0.319 e. The summed E-state index contributed by atoms with van der Waals surface area (Å²) in [4.78, 5) is 24.4. The van der Waals surface area contributed by atoms with E-state index in [2.05, 4.69) is 20.8 Å². The summed E-state index contributed by atoms with van der Waals surface area (Å²) in [6.45, 7) is 0. The molecule has 3 aromatic carbocycles. The summed E-state index contributed by atoms with van der Waals surface area (Å²) in [6, 6.07) is 22.6. The monoisotopic (exact) mass is 490 g/mol. The fraction of sp³-hybridized carbons (Fsp3) is 0.0400. The van der Waals surface area contributed by atoms with Gasteiger partial charge < -0.3 is 5.32 Å². The number of aromatic nitrogens is 2. The molecule has 4 rings (SSSR count). The van der Waals surface area contributed by atoms with Gasteiger partial charge in [-0.1, -0.05) is 77.7 Å². The van der Waals surface area contributed by atoms with Gasteiger partial charge in [-0.05, 0) is 41.5 Å². The van der Waals surface area contributed by atoms with Crippen molar-refractivity contribution in [1.82, 2.24) is 10.2 Å². The van der Waals surface area contributed by atoms with E-state index in [-0.39, 0.29) is 17.5 Å². The molecular weight excluding hydrogens is 471 g/mol. The van der Waals surface area contributed by atoms with E-state index >= 15 is 0 Å². The Kier molecular flexibility index (Phi) is 7.79. The topological polar surface area (TPSA) is 84.0 Å². The number of hydrogen-bond donors (Lipinski definition) is 2. The molecule has 34 heavy (non-hydrogen) atoms. The molecule has 0 unspecified atom stereocenters. The molecule has 0 spiro atoms. The molecule has 0 saturated heterocycles. The minimum absolute atomic E-state index is 0.141. The summed E-state index contributed by atoms with van der Waals surface area (Å²) in [5, 5.41) is 13.8. The fourth-order valence-electron chi connectivity index (χ4n) is 2.86. The molecule has 0 fully saturated rings. The van der Waals surface area contributed by atoms with Crippen molar-refractivity contribution in [2.45, 2.75) is 10.1 Å². The van der Waals surface area contributed by atoms with Crippen LogP contribution in [0.1, 0.15) is 21.5 Å². The lowest BCUT2D eigenvalue weighted by Crippen LogP contribution is -2.12. The first kappa shape index (κ1) is 23.3. The quantitative estimate of drug-likeness (QED) is 0.183. The van der Waals surface area contributed by atoms with Gasteiger partial charge in [0.2, 0.25) is 11.0 Å². The Balaban J connectivity index is 1.27. The van der Waals surface area contributed by atoms with Crippen LogP contribution in [0.5, 0.6) is 0 Å². The van der Waals surface area contributed by atoms with E-state index in [1.54, 1.807) is 30.3 Å². The van der Waals surface area contributed by atoms with Crippen molar-refractivity contribution in [1.29, 1.82) is 0 Å². The van der Waals surface area contributed by atoms with Crippen LogP contribution in [0.2, 0.25) is 0 Å². The normalized spacial score (nSPS) is 10.9. The highest BCUT2D eigenvalue weighted by atomic mass is 32.2. The van der Waals surface area contributed by atoms with Crippen molar-refractivity contribution in [3.05, 3.63) is 107 Å². The van der Waals surface area contributed by atoms with Gasteiger partial charge in [-0.2, -0.15) is 0 Å². The number of carbonyl (C=O) groups is 2. The highest BCUT2D eigenvalue weighted by Gasteiger charge is 2.10. The molecule has 0 atom stereocenters. The Morgan fingerprint density at radius 1 is 0.912 bits per heavy atom. The molecule has 0 saturated carbocycles. The highest BCUT2D eigenvalue weighted by Crippen LogP contribution is 2.28. The molecule has 0 aliphatic carbocycles. The average molecular weight is 491 g/mol. The van der Waals surface area contributed by atoms with Gasteiger partial charge in [-0.25, -0.2) is 4.39 Å². The van der Waals surface area contributed by atoms with Gasteiger partial charge in [0.25, 0.3) is 5.91 Å². The standard InChI is InChI=1S/C25H19FN4O2S2/c26-20-8-4-5-9-21(20)27-23(32)19-13-10-18(11-14-19)16-33-25-30-29-24(34-25)28-22(31)15-12-17-6-2-1-3-7-17/h1-15H,16H2,(H,27,32)(H,28,29,31)/b15-12+. The van der Waals surface area contributed by atoms with Gasteiger partial charge in [0.15, 0.2) is 4.34 Å². The SMILES string of the molecule is O=C(/C=C/c1ccccc1)Nc1nnc(SCc2ccc(C(=O)Nc3ccccc3F)cc2)s1. The highest BCUT2D eigenvalue weighted by molar-refractivity contribution is 8.00. The first-order valence-corrected chi connectivity index (χ1v) is 12.0. The van der Waals surface area contributed by atoms with Crippen molar-refractivity contribution in [3.8, 4) is 0 Å². The van der Waals surface area contributed by atoms with E-state index in [0.29, 0.717) is 20.8 Å². The lowest BCUT2D eigenvalue weighted by atomic mass is 10.1. The van der Waals surface area contributed by atoms with Gasteiger partial charge >= 0.3 is 0 Å². The number of amides is 2. The van der Waals surface area contributed by atoms with E-state index in [1.807, 2.05) is 42.5 Å². The van der Waals surface area contributed by atoms with Crippen molar-refractivity contribution < 1.29 is 14.0 Å². The van der Waals surface area contributed by atoms with Crippen molar-refractivity contribution >= 4 is 51.8 Å². The van der Waals surface area contributed by atoms with Crippen LogP contribution in [-0.4, -0.2) is 22.0 Å². The third-order valence-corrected chi connectivity index (χ3v) is 6.61. The number of halogens is 1. The number of rotatable bonds is 8. The first-order chi connectivity index (χ1) is 16.6. The van der Waals surface area contributed by atoms with Crippen molar-refractivity contribution in [2.75, 3.05) is 10.6 Å². The van der Waals surface area contributed by atoms with Gasteiger partial charge in [-0.3, -0.25) is 14.9 Å². The second-order valence-corrected chi connectivity index (χ2v) is 9.23. The number of nitrogens with one attached hydrogen (secondary N) is 2. The van der Waals surface area contributed by atoms with Crippen LogP contribution in [0, 0.1) is 5.82 Å². The minimum atomic E-state index is -0.483. The second kappa shape index (κ2) is 11.4. The van der Waals surface area contributed by atoms with Crippen LogP contribution in [0.15, 0.2) is 89.3 Å². The summed E-state index contributed by atoms with van der Waals surface area (Å²) < 4.78 is 14.4. The van der Waals surface area contributed by atoms with E-state index < -0.39 is 5.82 Å². The summed E-state index contributed by atoms with van der Waals surface area (Å²) in [6.07, 6.45) is 3.18. The Morgan fingerprint density at radius 2 is 1.65 bits per heavy atom. The summed E-state index contributed by atoms with van der Waals surface area (Å²) in [5.74, 6) is -0.522. The molecule has 9 heteroatoms. The number of thioether (sulfide) groups is 1. The maximum Gasteiger partial charge on any atom is 0.255 e. The smallest absolute Gasteiger partial charge is 0.255 e. The zero-order valence-electron chi connectivity index (χ0n) is 17.8. The van der Waals surface area contributed by atoms with Crippen molar-refractivity contribution in [2.24, 2.45) is 0 Å². The molecule has 170 valence electrons. The summed E-state index contributed by atoms with van der Waals surface area (Å²) in [5.41, 5.74) is 2.49. The third kappa shape index (κ3) is 6.60. The predicted octanol–water partition coefficient (Wildman–Crippen LogP) is 5.87. The lowest BCUT2D eigenvalue weighted by Gasteiger charge is -2.07. The second-order valence-electron chi connectivity index (χ2n) is 7.03. The fourth-order valence-corrected chi connectivity index (χ4v) is 4.57. The van der Waals surface area contributed by atoms with E-state index in [0.717, 1.165) is 11.1 Å². The van der Waals surface area contributed by atoms with E-state index in [4.69, 9.17) is 0 Å². The van der Waals surface area contributed by atoms with Crippen LogP contribution >= 0.6 is 23.1 Å². The number of para-hydroxylation sites is 1. The number of benzene rings is 3. The van der Waals surface area contributed by atoms with Crippen LogP contribution in [0.25, 0.3) is 6.08 Å². The molecule has 4 aromatic rings. The van der Waals surface area contributed by atoms with Crippen molar-refractivity contribution in [3.63, 3.8) is 0 Å². The Hall–Kier alpha value is -3.82. The molecule has 0 aliphatic heterocycles. The van der Waals surface area contributed by atoms with Gasteiger partial charge in [0.05, 0.1) is 5.69 Å². The number of anilines is 2. The maximum atomic E-state index is 13.7. The van der Waals surface area contributed by atoms with Crippen LogP contribution in [-0.2, 0) is 10.5 Å². The summed E-state index contributed by atoms with van der Waals surface area (Å²) >= 11 is 2.76. The molecule has 0 aliphatic rings. The van der Waals surface area contributed by atoms with E-state index in [9.17, 15) is 14.0 Å². The molecular formula is C25H19FN4O2S2. The predicted molar refractivity (Wildman–Crippen MR) is 134 cm³/mol. The number of nitrogens with zero attached hydrogens (tertiary/aromatic N) is 2. The summed E-state index contributed by atoms with van der Waals surface area (Å²) in [7, 11) is 0. The van der Waals surface area contributed by atoms with Gasteiger partial charge in [0.1, 0.15) is 5.82 Å². The zero-order valence-corrected chi connectivity index (χ0v) is 19.4. The molecule has 0 bridgehead atoms. The average Bonchev–Trinajstić information content (AvgIpc) is 3.31. The Bertz CT molecular complexity index is 1310. The molecule has 0 radical (unpaired) electrons. The molecule has 1 aromatic heterocycles. The van der Waals surface area contributed by atoms with E-state index in [1.165, 1.54) is 41.3 Å². The molecule has 6 nitrogen and oxygen atoms in total. The van der Waals surface area contributed by atoms with Crippen LogP contribution in [0.4, 0.5) is 15.2 Å². The maximum absolute atomic E-state index is 13.7.